The summed E-state index contributed by atoms with van der Waals surface area (Å²) in [6.07, 6.45) is 11.7. The Bertz CT molecular complexity index is 665. The molecule has 3 nitrogen and oxygen atoms in total. The summed E-state index contributed by atoms with van der Waals surface area (Å²) in [6.45, 7) is 8.71. The molecule has 4 aliphatic rings. The van der Waals surface area contributed by atoms with Gasteiger partial charge in [-0.25, -0.2) is 0 Å². The number of carbonyl (C=O) groups is 2. The third-order valence-corrected chi connectivity index (χ3v) is 9.07. The van der Waals surface area contributed by atoms with E-state index in [2.05, 4.69) is 19.9 Å². The van der Waals surface area contributed by atoms with Gasteiger partial charge in [-0.1, -0.05) is 39.3 Å². The SMILES string of the molecule is CCC(C)C(=O)OC1CCC2(C)C(=CCC3C4CCC(=O)C4(C)CCC32)C1. The van der Waals surface area contributed by atoms with Gasteiger partial charge in [0.25, 0.3) is 0 Å². The molecular formula is C24H36O3. The van der Waals surface area contributed by atoms with Crippen LogP contribution >= 0.6 is 0 Å². The first-order valence-corrected chi connectivity index (χ1v) is 11.2. The second-order valence-electron chi connectivity index (χ2n) is 10.3. The predicted octanol–water partition coefficient (Wildman–Crippen LogP) is 5.48. The van der Waals surface area contributed by atoms with Gasteiger partial charge in [0.2, 0.25) is 0 Å². The number of carbonyl (C=O) groups excluding carboxylic acids is 2. The monoisotopic (exact) mass is 372 g/mol. The first kappa shape index (κ1) is 19.2. The van der Waals surface area contributed by atoms with Gasteiger partial charge in [0.1, 0.15) is 11.9 Å². The lowest BCUT2D eigenvalue weighted by Gasteiger charge is -2.56. The average molecular weight is 373 g/mol. The maximum absolute atomic E-state index is 12.5. The fourth-order valence-electron chi connectivity index (χ4n) is 6.95. The maximum atomic E-state index is 12.5. The molecular weight excluding hydrogens is 336 g/mol. The molecule has 4 rings (SSSR count). The normalized spacial score (nSPS) is 44.6. The molecule has 0 bridgehead atoms. The second-order valence-corrected chi connectivity index (χ2v) is 10.3. The molecule has 0 amide bonds. The van der Waals surface area contributed by atoms with Gasteiger partial charge in [-0.2, -0.15) is 0 Å². The van der Waals surface area contributed by atoms with Crippen molar-refractivity contribution in [1.82, 2.24) is 0 Å². The Balaban J connectivity index is 1.51. The van der Waals surface area contributed by atoms with E-state index in [4.69, 9.17) is 4.74 Å². The Kier molecular flexibility index (Phi) is 4.79. The molecule has 3 fully saturated rings. The zero-order valence-electron chi connectivity index (χ0n) is 17.6. The summed E-state index contributed by atoms with van der Waals surface area (Å²) in [5, 5.41) is 0. The van der Waals surface area contributed by atoms with Gasteiger partial charge in [-0.05, 0) is 68.1 Å². The molecule has 0 aromatic heterocycles. The van der Waals surface area contributed by atoms with Crippen molar-refractivity contribution in [1.29, 1.82) is 0 Å². The molecule has 7 unspecified atom stereocenters. The Morgan fingerprint density at radius 3 is 2.63 bits per heavy atom. The van der Waals surface area contributed by atoms with Crippen molar-refractivity contribution in [3.05, 3.63) is 11.6 Å². The van der Waals surface area contributed by atoms with Gasteiger partial charge in [0.05, 0.1) is 5.92 Å². The summed E-state index contributed by atoms with van der Waals surface area (Å²) < 4.78 is 5.85. The van der Waals surface area contributed by atoms with Gasteiger partial charge < -0.3 is 4.74 Å². The van der Waals surface area contributed by atoms with Gasteiger partial charge in [0, 0.05) is 18.3 Å². The molecule has 0 spiro atoms. The van der Waals surface area contributed by atoms with Crippen molar-refractivity contribution in [2.24, 2.45) is 34.5 Å². The van der Waals surface area contributed by atoms with Gasteiger partial charge >= 0.3 is 5.97 Å². The van der Waals surface area contributed by atoms with Crippen LogP contribution in [0.4, 0.5) is 0 Å². The number of hydrogen-bond acceptors (Lipinski definition) is 3. The van der Waals surface area contributed by atoms with Crippen molar-refractivity contribution in [3.63, 3.8) is 0 Å². The minimum absolute atomic E-state index is 0.000971. The van der Waals surface area contributed by atoms with Crippen LogP contribution in [0.25, 0.3) is 0 Å². The summed E-state index contributed by atoms with van der Waals surface area (Å²) in [5.41, 5.74) is 1.73. The van der Waals surface area contributed by atoms with E-state index >= 15 is 0 Å². The zero-order chi connectivity index (χ0) is 19.4. The van der Waals surface area contributed by atoms with Gasteiger partial charge in [0.15, 0.2) is 0 Å². The van der Waals surface area contributed by atoms with Gasteiger partial charge in [-0.3, -0.25) is 9.59 Å². The average Bonchev–Trinajstić information content (AvgIpc) is 2.96. The lowest BCUT2D eigenvalue weighted by atomic mass is 9.48. The standard InChI is InChI=1S/C24H36O3/c1-5-15(2)22(26)27-17-10-12-23(3)16(14-17)6-7-18-19-8-9-21(25)24(19,4)13-11-20(18)23/h6,15,17-20H,5,7-14H2,1-4H3. The van der Waals surface area contributed by atoms with E-state index in [0.29, 0.717) is 23.5 Å². The van der Waals surface area contributed by atoms with E-state index in [1.54, 1.807) is 0 Å². The number of fused-ring (bicyclic) bond motifs is 5. The minimum Gasteiger partial charge on any atom is -0.462 e. The fraction of sp³-hybridized carbons (Fsp3) is 0.833. The summed E-state index contributed by atoms with van der Waals surface area (Å²) in [5.74, 6) is 2.44. The lowest BCUT2D eigenvalue weighted by Crippen LogP contribution is -2.50. The molecule has 27 heavy (non-hydrogen) atoms. The topological polar surface area (TPSA) is 43.4 Å². The molecule has 0 N–H and O–H groups in total. The number of esters is 1. The van der Waals surface area contributed by atoms with Crippen LogP contribution in [-0.4, -0.2) is 17.9 Å². The predicted molar refractivity (Wildman–Crippen MR) is 106 cm³/mol. The molecule has 3 heteroatoms. The molecule has 0 saturated heterocycles. The number of rotatable bonds is 3. The minimum atomic E-state index is -0.0497. The van der Waals surface area contributed by atoms with E-state index in [0.717, 1.165) is 51.4 Å². The highest BCUT2D eigenvalue weighted by Gasteiger charge is 2.58. The molecule has 0 aromatic carbocycles. The molecule has 7 atom stereocenters. The van der Waals surface area contributed by atoms with Crippen LogP contribution in [0.1, 0.15) is 85.5 Å². The quantitative estimate of drug-likeness (QED) is 0.487. The third-order valence-electron chi connectivity index (χ3n) is 9.07. The molecule has 0 aromatic rings. The summed E-state index contributed by atoms with van der Waals surface area (Å²) in [7, 11) is 0. The molecule has 0 heterocycles. The van der Waals surface area contributed by atoms with Crippen molar-refractivity contribution in [3.8, 4) is 0 Å². The van der Waals surface area contributed by atoms with Crippen LogP contribution in [0.5, 0.6) is 0 Å². The van der Waals surface area contributed by atoms with Crippen molar-refractivity contribution in [2.45, 2.75) is 91.6 Å². The van der Waals surface area contributed by atoms with Crippen LogP contribution in [0.15, 0.2) is 11.6 Å². The molecule has 150 valence electrons. The number of allylic oxidation sites excluding steroid dienone is 1. The van der Waals surface area contributed by atoms with Crippen LogP contribution in [0.3, 0.4) is 0 Å². The van der Waals surface area contributed by atoms with E-state index in [9.17, 15) is 9.59 Å². The van der Waals surface area contributed by atoms with Crippen LogP contribution in [0, 0.1) is 34.5 Å². The van der Waals surface area contributed by atoms with E-state index in [1.165, 1.54) is 12.0 Å². The fourth-order valence-corrected chi connectivity index (χ4v) is 6.95. The van der Waals surface area contributed by atoms with Crippen LogP contribution in [0.2, 0.25) is 0 Å². The number of hydrogen-bond donors (Lipinski definition) is 0. The number of ketones is 1. The Labute approximate surface area is 164 Å². The smallest absolute Gasteiger partial charge is 0.308 e. The molecule has 0 aliphatic heterocycles. The van der Waals surface area contributed by atoms with Gasteiger partial charge in [-0.15, -0.1) is 0 Å². The van der Waals surface area contributed by atoms with E-state index < -0.39 is 0 Å². The van der Waals surface area contributed by atoms with Crippen molar-refractivity contribution >= 4 is 11.8 Å². The third kappa shape index (κ3) is 2.91. The highest BCUT2D eigenvalue weighted by atomic mass is 16.5. The summed E-state index contributed by atoms with van der Waals surface area (Å²) >= 11 is 0. The second kappa shape index (κ2) is 6.74. The number of Topliss-reactive ketones (excluding diaryl/α,β-unsaturated/α-hetero) is 1. The van der Waals surface area contributed by atoms with Crippen LogP contribution in [-0.2, 0) is 14.3 Å². The molecule has 0 radical (unpaired) electrons. The zero-order valence-corrected chi connectivity index (χ0v) is 17.6. The highest BCUT2D eigenvalue weighted by molar-refractivity contribution is 5.87. The summed E-state index contributed by atoms with van der Waals surface area (Å²) in [6, 6.07) is 0. The lowest BCUT2D eigenvalue weighted by molar-refractivity contribution is -0.155. The number of ether oxygens (including phenoxy) is 1. The first-order chi connectivity index (χ1) is 12.8. The molecule has 4 aliphatic carbocycles. The van der Waals surface area contributed by atoms with Crippen LogP contribution < -0.4 is 0 Å². The molecule has 3 saturated carbocycles. The highest BCUT2D eigenvalue weighted by Crippen LogP contribution is 2.64. The van der Waals surface area contributed by atoms with E-state index in [1.807, 2.05) is 13.8 Å². The maximum Gasteiger partial charge on any atom is 0.308 e. The van der Waals surface area contributed by atoms with Crippen molar-refractivity contribution < 1.29 is 14.3 Å². The largest absolute Gasteiger partial charge is 0.462 e. The van der Waals surface area contributed by atoms with E-state index in [-0.39, 0.29) is 28.8 Å². The van der Waals surface area contributed by atoms with Crippen molar-refractivity contribution in [2.75, 3.05) is 0 Å². The first-order valence-electron chi connectivity index (χ1n) is 11.2. The summed E-state index contributed by atoms with van der Waals surface area (Å²) in [4.78, 5) is 24.8. The Morgan fingerprint density at radius 1 is 1.19 bits per heavy atom. The Hall–Kier alpha value is -1.12. The Morgan fingerprint density at radius 2 is 1.89 bits per heavy atom.